The van der Waals surface area contributed by atoms with Gasteiger partial charge in [-0.3, -0.25) is 0 Å². The molecule has 2 heteroatoms. The van der Waals surface area contributed by atoms with Crippen molar-refractivity contribution in [2.75, 3.05) is 4.90 Å². The molecule has 0 unspecified atom stereocenters. The number of furan rings is 1. The van der Waals surface area contributed by atoms with Crippen LogP contribution in [0.25, 0.3) is 77.2 Å². The second-order valence-electron chi connectivity index (χ2n) is 13.7. The summed E-state index contributed by atoms with van der Waals surface area (Å²) in [7, 11) is 0. The van der Waals surface area contributed by atoms with Gasteiger partial charge in [0, 0.05) is 28.0 Å². The Balaban J connectivity index is 1.08. The number of fused-ring (bicyclic) bond motifs is 4. The first-order valence-electron chi connectivity index (χ1n) is 18.4. The fraction of sp³-hybridized carbons (Fsp3) is 0. The standard InChI is InChI=1S/C52H35NO/c1-2-13-36(14-3-1)45-19-7-8-20-46(45)37-25-29-42(30-26-37)53(44-18-12-17-40(33-44)52-35-41-16-5-11-24-51(41)54-52)43-31-27-38(28-32-43)50-34-39-15-4-6-21-47(39)48-22-9-10-23-49(48)50/h1-35H. The number of para-hydroxylation sites is 1. The Morgan fingerprint density at radius 3 is 1.54 bits per heavy atom. The minimum absolute atomic E-state index is 0.851. The molecule has 0 atom stereocenters. The van der Waals surface area contributed by atoms with Gasteiger partial charge in [0.05, 0.1) is 0 Å². The molecule has 0 N–H and O–H groups in total. The summed E-state index contributed by atoms with van der Waals surface area (Å²) in [5, 5.41) is 6.14. The van der Waals surface area contributed by atoms with Crippen LogP contribution in [0.15, 0.2) is 217 Å². The summed E-state index contributed by atoms with van der Waals surface area (Å²) in [6.45, 7) is 0. The van der Waals surface area contributed by atoms with Crippen LogP contribution in [0.3, 0.4) is 0 Å². The van der Waals surface area contributed by atoms with E-state index in [1.807, 2.05) is 18.2 Å². The van der Waals surface area contributed by atoms with Gasteiger partial charge in [-0.15, -0.1) is 0 Å². The SMILES string of the molecule is c1ccc(-c2ccccc2-c2ccc(N(c3ccc(-c4cc5ccccc5c5ccccc45)cc3)c3cccc(-c4cc5ccccc5o4)c3)cc2)cc1. The minimum atomic E-state index is 0.851. The predicted molar refractivity (Wildman–Crippen MR) is 228 cm³/mol. The highest BCUT2D eigenvalue weighted by atomic mass is 16.3. The average molecular weight is 690 g/mol. The first-order chi connectivity index (χ1) is 26.8. The van der Waals surface area contributed by atoms with Crippen molar-refractivity contribution in [2.45, 2.75) is 0 Å². The Hall–Kier alpha value is -7.16. The molecule has 10 aromatic rings. The van der Waals surface area contributed by atoms with Crippen LogP contribution in [-0.4, -0.2) is 0 Å². The normalized spacial score (nSPS) is 11.3. The second kappa shape index (κ2) is 13.4. The van der Waals surface area contributed by atoms with Gasteiger partial charge in [-0.1, -0.05) is 158 Å². The highest BCUT2D eigenvalue weighted by Crippen LogP contribution is 2.41. The van der Waals surface area contributed by atoms with E-state index in [1.54, 1.807) is 0 Å². The van der Waals surface area contributed by atoms with Crippen LogP contribution in [0.4, 0.5) is 17.1 Å². The van der Waals surface area contributed by atoms with Crippen molar-refractivity contribution in [3.8, 4) is 44.7 Å². The van der Waals surface area contributed by atoms with Gasteiger partial charge in [0.25, 0.3) is 0 Å². The summed E-state index contributed by atoms with van der Waals surface area (Å²) >= 11 is 0. The molecule has 0 aliphatic heterocycles. The summed E-state index contributed by atoms with van der Waals surface area (Å²) in [6.07, 6.45) is 0. The van der Waals surface area contributed by atoms with Crippen LogP contribution in [0, 0.1) is 0 Å². The number of benzene rings is 9. The molecule has 1 aromatic heterocycles. The van der Waals surface area contributed by atoms with Gasteiger partial charge >= 0.3 is 0 Å². The van der Waals surface area contributed by atoms with Gasteiger partial charge in [0.15, 0.2) is 0 Å². The third-order valence-corrected chi connectivity index (χ3v) is 10.5. The molecular formula is C52H35NO. The largest absolute Gasteiger partial charge is 0.456 e. The number of hydrogen-bond donors (Lipinski definition) is 0. The van der Waals surface area contributed by atoms with Gasteiger partial charge in [-0.25, -0.2) is 0 Å². The van der Waals surface area contributed by atoms with Gasteiger partial charge in [0.2, 0.25) is 0 Å². The summed E-state index contributed by atoms with van der Waals surface area (Å²) in [6, 6.07) is 75.8. The molecule has 254 valence electrons. The lowest BCUT2D eigenvalue weighted by molar-refractivity contribution is 0.631. The van der Waals surface area contributed by atoms with Crippen molar-refractivity contribution in [3.63, 3.8) is 0 Å². The highest BCUT2D eigenvalue weighted by Gasteiger charge is 2.17. The van der Waals surface area contributed by atoms with Crippen LogP contribution in [0.2, 0.25) is 0 Å². The Morgan fingerprint density at radius 2 is 0.833 bits per heavy atom. The molecule has 1 heterocycles. The van der Waals surface area contributed by atoms with E-state index in [-0.39, 0.29) is 0 Å². The number of nitrogens with zero attached hydrogens (tertiary/aromatic N) is 1. The van der Waals surface area contributed by atoms with E-state index in [0.29, 0.717) is 0 Å². The van der Waals surface area contributed by atoms with Crippen LogP contribution in [0.5, 0.6) is 0 Å². The molecule has 0 radical (unpaired) electrons. The van der Waals surface area contributed by atoms with E-state index in [4.69, 9.17) is 4.42 Å². The zero-order valence-corrected chi connectivity index (χ0v) is 29.6. The molecule has 0 fully saturated rings. The molecule has 0 aliphatic carbocycles. The highest BCUT2D eigenvalue weighted by molar-refractivity contribution is 6.13. The fourth-order valence-electron chi connectivity index (χ4n) is 7.85. The molecule has 0 saturated heterocycles. The maximum absolute atomic E-state index is 6.32. The first kappa shape index (κ1) is 31.6. The number of anilines is 3. The lowest BCUT2D eigenvalue weighted by Crippen LogP contribution is -2.10. The van der Waals surface area contributed by atoms with Gasteiger partial charge in [-0.05, 0) is 110 Å². The van der Waals surface area contributed by atoms with Gasteiger partial charge in [-0.2, -0.15) is 0 Å². The minimum Gasteiger partial charge on any atom is -0.456 e. The maximum atomic E-state index is 6.32. The van der Waals surface area contributed by atoms with Crippen molar-refractivity contribution in [1.82, 2.24) is 0 Å². The second-order valence-corrected chi connectivity index (χ2v) is 13.7. The summed E-state index contributed by atoms with van der Waals surface area (Å²) in [4.78, 5) is 2.33. The van der Waals surface area contributed by atoms with Crippen molar-refractivity contribution < 1.29 is 4.42 Å². The van der Waals surface area contributed by atoms with Crippen molar-refractivity contribution in [2.24, 2.45) is 0 Å². The van der Waals surface area contributed by atoms with Crippen molar-refractivity contribution in [1.29, 1.82) is 0 Å². The monoisotopic (exact) mass is 689 g/mol. The Kier molecular flexibility index (Phi) is 7.85. The molecular weight excluding hydrogens is 655 g/mol. The molecule has 2 nitrogen and oxygen atoms in total. The molecule has 0 amide bonds. The predicted octanol–water partition coefficient (Wildman–Crippen LogP) is 14.9. The Labute approximate surface area is 314 Å². The summed E-state index contributed by atoms with van der Waals surface area (Å²) < 4.78 is 6.32. The third-order valence-electron chi connectivity index (χ3n) is 10.5. The third kappa shape index (κ3) is 5.71. The van der Waals surface area contributed by atoms with Gasteiger partial charge < -0.3 is 9.32 Å². The Morgan fingerprint density at radius 1 is 0.296 bits per heavy atom. The quantitative estimate of drug-likeness (QED) is 0.155. The average Bonchev–Trinajstić information content (AvgIpc) is 3.69. The van der Waals surface area contributed by atoms with E-state index in [9.17, 15) is 0 Å². The molecule has 0 aliphatic rings. The summed E-state index contributed by atoms with van der Waals surface area (Å²) in [5.74, 6) is 0.851. The van der Waals surface area contributed by atoms with E-state index < -0.39 is 0 Å². The van der Waals surface area contributed by atoms with Crippen molar-refractivity contribution >= 4 is 49.6 Å². The van der Waals surface area contributed by atoms with Crippen LogP contribution in [-0.2, 0) is 0 Å². The Bertz CT molecular complexity index is 2890. The molecule has 10 rings (SSSR count). The number of hydrogen-bond acceptors (Lipinski definition) is 2. The lowest BCUT2D eigenvalue weighted by atomic mass is 9.93. The molecule has 9 aromatic carbocycles. The summed E-state index contributed by atoms with van der Waals surface area (Å²) in [5.41, 5.74) is 12.3. The van der Waals surface area contributed by atoms with Gasteiger partial charge in [0.1, 0.15) is 11.3 Å². The zero-order valence-electron chi connectivity index (χ0n) is 29.6. The lowest BCUT2D eigenvalue weighted by Gasteiger charge is -2.26. The van der Waals surface area contributed by atoms with Crippen LogP contribution < -0.4 is 4.90 Å². The van der Waals surface area contributed by atoms with E-state index in [1.165, 1.54) is 54.9 Å². The van der Waals surface area contributed by atoms with E-state index in [0.717, 1.165) is 39.4 Å². The van der Waals surface area contributed by atoms with Crippen LogP contribution in [0.1, 0.15) is 0 Å². The number of rotatable bonds is 7. The van der Waals surface area contributed by atoms with E-state index in [2.05, 4.69) is 199 Å². The van der Waals surface area contributed by atoms with E-state index >= 15 is 0 Å². The molecule has 0 spiro atoms. The van der Waals surface area contributed by atoms with Crippen LogP contribution >= 0.6 is 0 Å². The molecule has 0 bridgehead atoms. The zero-order chi connectivity index (χ0) is 35.8. The topological polar surface area (TPSA) is 16.4 Å². The smallest absolute Gasteiger partial charge is 0.135 e. The molecule has 0 saturated carbocycles. The van der Waals surface area contributed by atoms with Crippen molar-refractivity contribution in [3.05, 3.63) is 212 Å². The molecule has 54 heavy (non-hydrogen) atoms. The fourth-order valence-corrected chi connectivity index (χ4v) is 7.85. The maximum Gasteiger partial charge on any atom is 0.135 e. The first-order valence-corrected chi connectivity index (χ1v) is 18.4.